The Hall–Kier alpha value is -3.78. The summed E-state index contributed by atoms with van der Waals surface area (Å²) in [5, 5.41) is 2.71. The number of esters is 1. The SMILES string of the molecule is Cc1cccc(C)c1NC(=O)COC(=O)c1ccc2c(c1)S(=O)(=O)c1ccccc1C2=O. The highest BCUT2D eigenvalue weighted by Crippen LogP contribution is 2.34. The van der Waals surface area contributed by atoms with E-state index in [2.05, 4.69) is 5.32 Å². The second-order valence-electron chi connectivity index (χ2n) is 7.43. The fourth-order valence-corrected chi connectivity index (χ4v) is 5.29. The Morgan fingerprint density at radius 3 is 2.25 bits per heavy atom. The van der Waals surface area contributed by atoms with Crippen LogP contribution in [0, 0.1) is 13.8 Å². The van der Waals surface area contributed by atoms with Gasteiger partial charge in [0.1, 0.15) is 0 Å². The fraction of sp³-hybridized carbons (Fsp3) is 0.125. The summed E-state index contributed by atoms with van der Waals surface area (Å²) in [4.78, 5) is 37.0. The third-order valence-corrected chi connectivity index (χ3v) is 7.10. The normalized spacial score (nSPS) is 13.6. The van der Waals surface area contributed by atoms with E-state index in [0.717, 1.165) is 17.2 Å². The van der Waals surface area contributed by atoms with Crippen LogP contribution in [0.1, 0.15) is 37.4 Å². The molecule has 0 radical (unpaired) electrons. The smallest absolute Gasteiger partial charge is 0.338 e. The molecule has 0 aliphatic carbocycles. The Bertz CT molecular complexity index is 1370. The Morgan fingerprint density at radius 2 is 1.53 bits per heavy atom. The Kier molecular flexibility index (Phi) is 5.40. The quantitative estimate of drug-likeness (QED) is 0.478. The van der Waals surface area contributed by atoms with E-state index in [9.17, 15) is 22.8 Å². The Balaban J connectivity index is 1.53. The number of carbonyl (C=O) groups is 3. The molecule has 1 aliphatic heterocycles. The number of ketones is 1. The molecule has 162 valence electrons. The number of hydrogen-bond acceptors (Lipinski definition) is 6. The first-order valence-corrected chi connectivity index (χ1v) is 11.2. The maximum absolute atomic E-state index is 13.0. The molecular formula is C24H19NO6S. The number of hydrogen-bond donors (Lipinski definition) is 1. The highest BCUT2D eigenvalue weighted by molar-refractivity contribution is 7.91. The van der Waals surface area contributed by atoms with Crippen molar-refractivity contribution in [1.29, 1.82) is 0 Å². The number of benzene rings is 3. The van der Waals surface area contributed by atoms with Crippen LogP contribution < -0.4 is 5.32 Å². The van der Waals surface area contributed by atoms with E-state index in [4.69, 9.17) is 4.74 Å². The number of aryl methyl sites for hydroxylation is 2. The van der Waals surface area contributed by atoms with Crippen molar-refractivity contribution in [1.82, 2.24) is 0 Å². The van der Waals surface area contributed by atoms with E-state index in [1.807, 2.05) is 32.0 Å². The lowest BCUT2D eigenvalue weighted by atomic mass is 10.0. The van der Waals surface area contributed by atoms with Crippen molar-refractivity contribution in [3.05, 3.63) is 88.5 Å². The summed E-state index contributed by atoms with van der Waals surface area (Å²) in [5.74, 6) is -1.82. The molecule has 1 N–H and O–H groups in total. The molecule has 3 aromatic rings. The van der Waals surface area contributed by atoms with Crippen LogP contribution in [0.3, 0.4) is 0 Å². The van der Waals surface area contributed by atoms with Gasteiger partial charge in [-0.2, -0.15) is 0 Å². The molecule has 1 aliphatic rings. The molecule has 0 fully saturated rings. The molecule has 7 nitrogen and oxygen atoms in total. The van der Waals surface area contributed by atoms with Gasteiger partial charge in [0.25, 0.3) is 5.91 Å². The van der Waals surface area contributed by atoms with Gasteiger partial charge in [0.05, 0.1) is 15.4 Å². The fourth-order valence-electron chi connectivity index (χ4n) is 3.61. The molecule has 8 heteroatoms. The average molecular weight is 449 g/mol. The minimum absolute atomic E-state index is 0.00646. The number of para-hydroxylation sites is 1. The van der Waals surface area contributed by atoms with Gasteiger partial charge >= 0.3 is 5.97 Å². The van der Waals surface area contributed by atoms with Crippen LogP contribution in [0.15, 0.2) is 70.5 Å². The third-order valence-electron chi connectivity index (χ3n) is 5.25. The summed E-state index contributed by atoms with van der Waals surface area (Å²) in [7, 11) is -3.98. The molecule has 0 aromatic heterocycles. The molecule has 0 saturated heterocycles. The van der Waals surface area contributed by atoms with Gasteiger partial charge in [0, 0.05) is 16.8 Å². The lowest BCUT2D eigenvalue weighted by molar-refractivity contribution is -0.119. The molecule has 1 amide bonds. The van der Waals surface area contributed by atoms with Crippen molar-refractivity contribution in [3.63, 3.8) is 0 Å². The van der Waals surface area contributed by atoms with Gasteiger partial charge < -0.3 is 10.1 Å². The van der Waals surface area contributed by atoms with Crippen LogP contribution in [0.5, 0.6) is 0 Å². The number of rotatable bonds is 4. The minimum Gasteiger partial charge on any atom is -0.452 e. The molecule has 0 atom stereocenters. The van der Waals surface area contributed by atoms with Crippen molar-refractivity contribution in [2.75, 3.05) is 11.9 Å². The predicted molar refractivity (Wildman–Crippen MR) is 117 cm³/mol. The van der Waals surface area contributed by atoms with E-state index in [1.165, 1.54) is 30.3 Å². The Labute approximate surface area is 185 Å². The predicted octanol–water partition coefficient (Wildman–Crippen LogP) is 3.48. The lowest BCUT2D eigenvalue weighted by Gasteiger charge is -2.19. The zero-order chi connectivity index (χ0) is 23.0. The molecule has 0 saturated carbocycles. The maximum atomic E-state index is 13.0. The molecule has 32 heavy (non-hydrogen) atoms. The van der Waals surface area contributed by atoms with Crippen molar-refractivity contribution < 1.29 is 27.5 Å². The first-order chi connectivity index (χ1) is 15.2. The molecular weight excluding hydrogens is 430 g/mol. The number of carbonyl (C=O) groups excluding carboxylic acids is 3. The summed E-state index contributed by atoms with van der Waals surface area (Å²) in [5.41, 5.74) is 2.40. The lowest BCUT2D eigenvalue weighted by Crippen LogP contribution is -2.23. The molecule has 0 spiro atoms. The van der Waals surface area contributed by atoms with Gasteiger partial charge in [0.15, 0.2) is 12.4 Å². The van der Waals surface area contributed by atoms with Crippen LogP contribution in [0.4, 0.5) is 5.69 Å². The largest absolute Gasteiger partial charge is 0.452 e. The zero-order valence-corrected chi connectivity index (χ0v) is 18.2. The second-order valence-corrected chi connectivity index (χ2v) is 9.32. The van der Waals surface area contributed by atoms with Crippen LogP contribution in [0.25, 0.3) is 0 Å². The van der Waals surface area contributed by atoms with Gasteiger partial charge in [-0.15, -0.1) is 0 Å². The Morgan fingerprint density at radius 1 is 0.875 bits per heavy atom. The number of sulfone groups is 1. The van der Waals surface area contributed by atoms with Crippen molar-refractivity contribution in [2.24, 2.45) is 0 Å². The van der Waals surface area contributed by atoms with Crippen LogP contribution >= 0.6 is 0 Å². The minimum atomic E-state index is -3.98. The van der Waals surface area contributed by atoms with E-state index >= 15 is 0 Å². The zero-order valence-electron chi connectivity index (χ0n) is 17.3. The second kappa shape index (κ2) is 8.05. The van der Waals surface area contributed by atoms with Gasteiger partial charge in [-0.05, 0) is 55.3 Å². The highest BCUT2D eigenvalue weighted by atomic mass is 32.2. The number of anilines is 1. The number of amides is 1. The molecule has 0 bridgehead atoms. The standard InChI is InChI=1S/C24H19NO6S/c1-14-6-5-7-15(2)22(14)25-21(26)13-31-24(28)16-10-11-18-20(12-16)32(29,30)19-9-4-3-8-17(19)23(18)27/h3-12H,13H2,1-2H3,(H,25,26). The van der Waals surface area contributed by atoms with Crippen LogP contribution in [-0.2, 0) is 19.4 Å². The first kappa shape index (κ1) is 21.5. The van der Waals surface area contributed by atoms with Gasteiger partial charge in [-0.25, -0.2) is 13.2 Å². The summed E-state index contributed by atoms with van der Waals surface area (Å²) in [6, 6.07) is 15.2. The summed E-state index contributed by atoms with van der Waals surface area (Å²) >= 11 is 0. The third kappa shape index (κ3) is 3.69. The molecule has 0 unspecified atom stereocenters. The molecule has 3 aromatic carbocycles. The highest BCUT2D eigenvalue weighted by Gasteiger charge is 2.35. The van der Waals surface area contributed by atoms with Crippen molar-refractivity contribution in [2.45, 2.75) is 23.6 Å². The summed E-state index contributed by atoms with van der Waals surface area (Å²) < 4.78 is 31.0. The monoisotopic (exact) mass is 449 g/mol. The van der Waals surface area contributed by atoms with Gasteiger partial charge in [-0.3, -0.25) is 9.59 Å². The number of ether oxygens (including phenoxy) is 1. The summed E-state index contributed by atoms with van der Waals surface area (Å²) in [6.45, 7) is 3.15. The average Bonchev–Trinajstić information content (AvgIpc) is 2.78. The van der Waals surface area contributed by atoms with Gasteiger partial charge in [-0.1, -0.05) is 30.3 Å². The van der Waals surface area contributed by atoms with Crippen molar-refractivity contribution in [3.8, 4) is 0 Å². The van der Waals surface area contributed by atoms with Gasteiger partial charge in [0.2, 0.25) is 9.84 Å². The van der Waals surface area contributed by atoms with Crippen LogP contribution in [0.2, 0.25) is 0 Å². The molecule has 4 rings (SSSR count). The number of fused-ring (bicyclic) bond motifs is 2. The van der Waals surface area contributed by atoms with Crippen LogP contribution in [-0.4, -0.2) is 32.7 Å². The summed E-state index contributed by atoms with van der Waals surface area (Å²) in [6.07, 6.45) is 0. The van der Waals surface area contributed by atoms with E-state index in [0.29, 0.717) is 5.69 Å². The first-order valence-electron chi connectivity index (χ1n) is 9.76. The maximum Gasteiger partial charge on any atom is 0.338 e. The van der Waals surface area contributed by atoms with E-state index in [1.54, 1.807) is 6.07 Å². The topological polar surface area (TPSA) is 107 Å². The number of nitrogens with one attached hydrogen (secondary N) is 1. The van der Waals surface area contributed by atoms with E-state index < -0.39 is 34.1 Å². The van der Waals surface area contributed by atoms with Crippen molar-refractivity contribution >= 4 is 33.2 Å². The molecule has 1 heterocycles. The van der Waals surface area contributed by atoms with E-state index in [-0.39, 0.29) is 26.5 Å².